The zero-order chi connectivity index (χ0) is 13.2. The molecule has 0 aromatic heterocycles. The van der Waals surface area contributed by atoms with Gasteiger partial charge in [-0.3, -0.25) is 9.59 Å². The molecule has 0 N–H and O–H groups in total. The summed E-state index contributed by atoms with van der Waals surface area (Å²) in [7, 11) is 0. The largest absolute Gasteiger partial charge is 0.493 e. The first-order chi connectivity index (χ1) is 7.73. The molecule has 96 valence electrons. The lowest BCUT2D eigenvalue weighted by atomic mass is 9.94. The number of esters is 1. The van der Waals surface area contributed by atoms with E-state index in [9.17, 15) is 9.59 Å². The minimum absolute atomic E-state index is 0.0988. The average Bonchev–Trinajstić information content (AvgIpc) is 2.18. The van der Waals surface area contributed by atoms with Crippen molar-refractivity contribution in [3.63, 3.8) is 0 Å². The van der Waals surface area contributed by atoms with Crippen LogP contribution in [0.1, 0.15) is 34.6 Å². The van der Waals surface area contributed by atoms with Gasteiger partial charge in [0.1, 0.15) is 6.10 Å². The molecule has 1 aliphatic rings. The number of ketones is 1. The van der Waals surface area contributed by atoms with Crippen LogP contribution in [0.4, 0.5) is 0 Å². The molecule has 0 spiro atoms. The minimum Gasteiger partial charge on any atom is -0.493 e. The molecule has 4 nitrogen and oxygen atoms in total. The second-order valence-corrected chi connectivity index (χ2v) is 5.63. The van der Waals surface area contributed by atoms with Crippen LogP contribution in [0, 0.1) is 11.3 Å². The van der Waals surface area contributed by atoms with Crippen LogP contribution in [0.2, 0.25) is 0 Å². The molecule has 1 aliphatic heterocycles. The highest BCUT2D eigenvalue weighted by atomic mass is 16.6. The van der Waals surface area contributed by atoms with Crippen LogP contribution in [0.3, 0.4) is 0 Å². The van der Waals surface area contributed by atoms with Gasteiger partial charge in [-0.25, -0.2) is 0 Å². The highest BCUT2D eigenvalue weighted by Crippen LogP contribution is 2.23. The molecule has 2 atom stereocenters. The van der Waals surface area contributed by atoms with Crippen LogP contribution in [0.15, 0.2) is 12.3 Å². The molecular formula is C13H20O4. The van der Waals surface area contributed by atoms with E-state index in [1.807, 2.05) is 13.8 Å². The molecule has 1 rings (SSSR count). The number of hydrogen-bond acceptors (Lipinski definition) is 4. The molecule has 17 heavy (non-hydrogen) atoms. The van der Waals surface area contributed by atoms with Crippen molar-refractivity contribution in [3.05, 3.63) is 12.3 Å². The molecule has 1 heterocycles. The Morgan fingerprint density at radius 1 is 1.41 bits per heavy atom. The van der Waals surface area contributed by atoms with Crippen molar-refractivity contribution in [2.24, 2.45) is 11.3 Å². The summed E-state index contributed by atoms with van der Waals surface area (Å²) >= 11 is 0. The number of rotatable bonds is 2. The first-order valence-electron chi connectivity index (χ1n) is 5.80. The summed E-state index contributed by atoms with van der Waals surface area (Å²) < 4.78 is 10.6. The van der Waals surface area contributed by atoms with E-state index < -0.39 is 17.6 Å². The van der Waals surface area contributed by atoms with Gasteiger partial charge in [0.25, 0.3) is 0 Å². The van der Waals surface area contributed by atoms with E-state index in [0.717, 1.165) is 0 Å². The van der Waals surface area contributed by atoms with E-state index in [1.165, 1.54) is 12.3 Å². The van der Waals surface area contributed by atoms with Gasteiger partial charge in [-0.15, -0.1) is 0 Å². The SMILES string of the molecule is CC(C)[C@@H]1OC=CC(=O)[C@@H]1OC(=O)C(C)(C)C. The molecule has 0 aromatic rings. The van der Waals surface area contributed by atoms with Crippen molar-refractivity contribution in [2.45, 2.75) is 46.8 Å². The second-order valence-electron chi connectivity index (χ2n) is 5.63. The van der Waals surface area contributed by atoms with Gasteiger partial charge in [0, 0.05) is 6.08 Å². The summed E-state index contributed by atoms with van der Waals surface area (Å²) in [6.45, 7) is 9.11. The molecule has 0 saturated heterocycles. The third kappa shape index (κ3) is 3.32. The first kappa shape index (κ1) is 13.7. The second kappa shape index (κ2) is 4.90. The molecule has 0 aliphatic carbocycles. The number of ether oxygens (including phenoxy) is 2. The lowest BCUT2D eigenvalue weighted by Gasteiger charge is -2.31. The summed E-state index contributed by atoms with van der Waals surface area (Å²) in [5.74, 6) is -0.505. The summed E-state index contributed by atoms with van der Waals surface area (Å²) in [4.78, 5) is 23.5. The van der Waals surface area contributed by atoms with Crippen molar-refractivity contribution >= 4 is 11.8 Å². The quantitative estimate of drug-likeness (QED) is 0.693. The van der Waals surface area contributed by atoms with E-state index >= 15 is 0 Å². The van der Waals surface area contributed by atoms with E-state index in [1.54, 1.807) is 20.8 Å². The van der Waals surface area contributed by atoms with E-state index in [4.69, 9.17) is 9.47 Å². The monoisotopic (exact) mass is 240 g/mol. The summed E-state index contributed by atoms with van der Waals surface area (Å²) in [6.07, 6.45) is 1.44. The lowest BCUT2D eigenvalue weighted by molar-refractivity contribution is -0.171. The van der Waals surface area contributed by atoms with Crippen LogP contribution in [0.5, 0.6) is 0 Å². The van der Waals surface area contributed by atoms with Gasteiger partial charge in [0.2, 0.25) is 11.9 Å². The van der Waals surface area contributed by atoms with Crippen LogP contribution in [-0.4, -0.2) is 24.0 Å². The third-order valence-electron chi connectivity index (χ3n) is 2.55. The number of hydrogen-bond donors (Lipinski definition) is 0. The molecule has 0 fully saturated rings. The Morgan fingerprint density at radius 2 is 2.00 bits per heavy atom. The predicted molar refractivity (Wildman–Crippen MR) is 63.2 cm³/mol. The predicted octanol–water partition coefficient (Wildman–Crippen LogP) is 2.08. The molecular weight excluding hydrogens is 220 g/mol. The Morgan fingerprint density at radius 3 is 2.47 bits per heavy atom. The van der Waals surface area contributed by atoms with Crippen molar-refractivity contribution in [2.75, 3.05) is 0 Å². The topological polar surface area (TPSA) is 52.6 Å². The third-order valence-corrected chi connectivity index (χ3v) is 2.55. The molecule has 0 aromatic carbocycles. The number of carbonyl (C=O) groups is 2. The summed E-state index contributed by atoms with van der Waals surface area (Å²) in [5, 5.41) is 0. The fraction of sp³-hybridized carbons (Fsp3) is 0.692. The maximum absolute atomic E-state index is 11.8. The lowest BCUT2D eigenvalue weighted by Crippen LogP contribution is -2.45. The minimum atomic E-state index is -0.827. The number of carbonyl (C=O) groups excluding carboxylic acids is 2. The van der Waals surface area contributed by atoms with Gasteiger partial charge in [0.15, 0.2) is 0 Å². The van der Waals surface area contributed by atoms with Crippen molar-refractivity contribution in [3.8, 4) is 0 Å². The Kier molecular flexibility index (Phi) is 3.96. The van der Waals surface area contributed by atoms with E-state index in [0.29, 0.717) is 0 Å². The Balaban J connectivity index is 2.82. The van der Waals surface area contributed by atoms with E-state index in [-0.39, 0.29) is 17.7 Å². The highest BCUT2D eigenvalue weighted by molar-refractivity contribution is 5.96. The van der Waals surface area contributed by atoms with Crippen molar-refractivity contribution in [1.82, 2.24) is 0 Å². The van der Waals surface area contributed by atoms with Crippen LogP contribution >= 0.6 is 0 Å². The van der Waals surface area contributed by atoms with Gasteiger partial charge >= 0.3 is 5.97 Å². The Bertz CT molecular complexity index is 336. The van der Waals surface area contributed by atoms with Gasteiger partial charge in [-0.05, 0) is 26.7 Å². The molecule has 0 radical (unpaired) electrons. The summed E-state index contributed by atoms with van der Waals surface area (Å²) in [6, 6.07) is 0. The smallest absolute Gasteiger partial charge is 0.312 e. The van der Waals surface area contributed by atoms with E-state index in [2.05, 4.69) is 0 Å². The first-order valence-corrected chi connectivity index (χ1v) is 5.80. The maximum Gasteiger partial charge on any atom is 0.312 e. The fourth-order valence-corrected chi connectivity index (χ4v) is 1.45. The highest BCUT2D eigenvalue weighted by Gasteiger charge is 2.38. The van der Waals surface area contributed by atoms with Gasteiger partial charge < -0.3 is 9.47 Å². The van der Waals surface area contributed by atoms with Crippen LogP contribution in [-0.2, 0) is 19.1 Å². The fourth-order valence-electron chi connectivity index (χ4n) is 1.45. The Labute approximate surface area is 102 Å². The van der Waals surface area contributed by atoms with Gasteiger partial charge in [0.05, 0.1) is 11.7 Å². The molecule has 0 amide bonds. The normalized spacial score (nSPS) is 24.7. The average molecular weight is 240 g/mol. The van der Waals surface area contributed by atoms with Crippen molar-refractivity contribution < 1.29 is 19.1 Å². The zero-order valence-electron chi connectivity index (χ0n) is 11.0. The molecule has 0 bridgehead atoms. The van der Waals surface area contributed by atoms with Gasteiger partial charge in [-0.2, -0.15) is 0 Å². The van der Waals surface area contributed by atoms with Crippen LogP contribution in [0.25, 0.3) is 0 Å². The summed E-state index contributed by atoms with van der Waals surface area (Å²) in [5.41, 5.74) is -0.622. The Hall–Kier alpha value is -1.32. The van der Waals surface area contributed by atoms with Gasteiger partial charge in [-0.1, -0.05) is 13.8 Å². The van der Waals surface area contributed by atoms with Crippen LogP contribution < -0.4 is 0 Å². The molecule has 0 saturated carbocycles. The zero-order valence-corrected chi connectivity index (χ0v) is 11.0. The maximum atomic E-state index is 11.8. The standard InChI is InChI=1S/C13H20O4/c1-8(2)10-11(9(14)6-7-16-10)17-12(15)13(3,4)5/h6-8,10-11H,1-5H3/t10-,11-/m0/s1. The molecule has 4 heteroatoms. The van der Waals surface area contributed by atoms with Crippen molar-refractivity contribution in [1.29, 1.82) is 0 Å². The molecule has 0 unspecified atom stereocenters.